The second-order valence-corrected chi connectivity index (χ2v) is 5.42. The molecule has 2 heterocycles. The van der Waals surface area contributed by atoms with Crippen molar-refractivity contribution >= 4 is 23.7 Å². The molecule has 0 bridgehead atoms. The maximum atomic E-state index is 11.4. The van der Waals surface area contributed by atoms with Crippen LogP contribution in [-0.2, 0) is 6.54 Å². The fraction of sp³-hybridized carbons (Fsp3) is 0.222. The first kappa shape index (κ1) is 15.9. The van der Waals surface area contributed by atoms with Crippen LogP contribution in [0.1, 0.15) is 12.5 Å². The molecule has 6 heteroatoms. The molecule has 6 nitrogen and oxygen atoms in total. The number of carbonyl (C=O) groups excluding carboxylic acids is 1. The molecule has 2 amide bonds. The Morgan fingerprint density at radius 1 is 1.25 bits per heavy atom. The van der Waals surface area contributed by atoms with E-state index in [1.54, 1.807) is 7.05 Å². The number of amides is 2. The Balaban J connectivity index is 1.78. The number of nitrogens with zero attached hydrogens (tertiary/aromatic N) is 3. The molecular weight excluding hydrogens is 302 g/mol. The van der Waals surface area contributed by atoms with Crippen LogP contribution in [0.25, 0.3) is 6.08 Å². The molecule has 0 radical (unpaired) electrons. The highest BCUT2D eigenvalue weighted by Crippen LogP contribution is 2.28. The van der Waals surface area contributed by atoms with Crippen molar-refractivity contribution in [3.63, 3.8) is 0 Å². The topological polar surface area (TPSA) is 62.2 Å². The molecule has 0 spiro atoms. The monoisotopic (exact) mass is 323 g/mol. The molecule has 0 atom stereocenters. The third-order valence-electron chi connectivity index (χ3n) is 3.89. The second kappa shape index (κ2) is 7.04. The normalized spacial score (nSPS) is 14.1. The number of fused-ring (bicyclic) bond motifs is 1. The molecule has 24 heavy (non-hydrogen) atoms. The standard InChI is InChI=1S/C18H21N5O/c1-3-15(10-9-14-7-5-4-6-8-14)22-11-12-23-17(22)13-16(21-23)20-18(24)19-2/h3-10,13H,11-12H2,1-2H3,(H2,19,20,21,24)/b10-9-,15-3+. The maximum absolute atomic E-state index is 11.4. The number of hydrogen-bond acceptors (Lipinski definition) is 3. The SMILES string of the molecule is C/C=C(\C=C/c1ccccc1)N1CCn2nc(NC(=O)NC)cc21. The van der Waals surface area contributed by atoms with Crippen molar-refractivity contribution in [2.45, 2.75) is 13.5 Å². The Morgan fingerprint density at radius 3 is 2.75 bits per heavy atom. The van der Waals surface area contributed by atoms with E-state index in [0.717, 1.165) is 30.2 Å². The van der Waals surface area contributed by atoms with E-state index in [4.69, 9.17) is 0 Å². The Morgan fingerprint density at radius 2 is 2.04 bits per heavy atom. The molecule has 1 aliphatic rings. The smallest absolute Gasteiger partial charge is 0.320 e. The average Bonchev–Trinajstić information content (AvgIpc) is 3.17. The van der Waals surface area contributed by atoms with E-state index in [1.165, 1.54) is 0 Å². The maximum Gasteiger partial charge on any atom is 0.320 e. The Hall–Kier alpha value is -3.02. The van der Waals surface area contributed by atoms with E-state index >= 15 is 0 Å². The number of hydrogen-bond donors (Lipinski definition) is 2. The minimum atomic E-state index is -0.270. The number of benzene rings is 1. The second-order valence-electron chi connectivity index (χ2n) is 5.42. The molecule has 1 aromatic heterocycles. The number of nitrogens with one attached hydrogen (secondary N) is 2. The minimum absolute atomic E-state index is 0.270. The van der Waals surface area contributed by atoms with Crippen LogP contribution in [0.5, 0.6) is 0 Å². The van der Waals surface area contributed by atoms with Crippen molar-refractivity contribution in [3.8, 4) is 0 Å². The first-order chi connectivity index (χ1) is 11.7. The zero-order valence-corrected chi connectivity index (χ0v) is 13.9. The number of anilines is 2. The first-order valence-corrected chi connectivity index (χ1v) is 7.95. The summed E-state index contributed by atoms with van der Waals surface area (Å²) in [5.74, 6) is 1.53. The van der Waals surface area contributed by atoms with Gasteiger partial charge in [0.15, 0.2) is 5.82 Å². The van der Waals surface area contributed by atoms with E-state index in [2.05, 4.69) is 51.0 Å². The number of aromatic nitrogens is 2. The third-order valence-corrected chi connectivity index (χ3v) is 3.89. The van der Waals surface area contributed by atoms with Gasteiger partial charge in [-0.2, -0.15) is 5.10 Å². The fourth-order valence-corrected chi connectivity index (χ4v) is 2.69. The highest BCUT2D eigenvalue weighted by molar-refractivity contribution is 5.88. The molecule has 1 aliphatic heterocycles. The zero-order chi connectivity index (χ0) is 16.9. The van der Waals surface area contributed by atoms with Gasteiger partial charge in [0.1, 0.15) is 5.82 Å². The Bertz CT molecular complexity index is 776. The Kier molecular flexibility index (Phi) is 4.65. The molecule has 1 aromatic carbocycles. The summed E-state index contributed by atoms with van der Waals surface area (Å²) in [6.07, 6.45) is 6.27. The highest BCUT2D eigenvalue weighted by atomic mass is 16.2. The molecule has 124 valence electrons. The zero-order valence-electron chi connectivity index (χ0n) is 13.9. The quantitative estimate of drug-likeness (QED) is 0.850. The van der Waals surface area contributed by atoms with Gasteiger partial charge in [0.05, 0.1) is 6.54 Å². The van der Waals surface area contributed by atoms with Gasteiger partial charge < -0.3 is 10.2 Å². The lowest BCUT2D eigenvalue weighted by atomic mass is 10.2. The molecule has 0 fully saturated rings. The van der Waals surface area contributed by atoms with Gasteiger partial charge in [-0.25, -0.2) is 9.48 Å². The van der Waals surface area contributed by atoms with Crippen molar-refractivity contribution in [1.29, 1.82) is 0 Å². The van der Waals surface area contributed by atoms with Gasteiger partial charge in [-0.05, 0) is 18.6 Å². The van der Waals surface area contributed by atoms with E-state index < -0.39 is 0 Å². The lowest BCUT2D eigenvalue weighted by Crippen LogP contribution is -2.25. The van der Waals surface area contributed by atoms with Crippen molar-refractivity contribution < 1.29 is 4.79 Å². The van der Waals surface area contributed by atoms with Crippen molar-refractivity contribution in [2.24, 2.45) is 0 Å². The molecule has 0 aliphatic carbocycles. The fourth-order valence-electron chi connectivity index (χ4n) is 2.69. The number of carbonyl (C=O) groups is 1. The summed E-state index contributed by atoms with van der Waals surface area (Å²) in [5, 5.41) is 9.65. The van der Waals surface area contributed by atoms with Crippen LogP contribution in [0.3, 0.4) is 0 Å². The van der Waals surface area contributed by atoms with Gasteiger partial charge in [0.25, 0.3) is 0 Å². The summed E-state index contributed by atoms with van der Waals surface area (Å²) in [6, 6.07) is 11.8. The predicted octanol–water partition coefficient (Wildman–Crippen LogP) is 3.07. The molecule has 0 saturated carbocycles. The third kappa shape index (κ3) is 3.32. The van der Waals surface area contributed by atoms with Crippen LogP contribution in [0.2, 0.25) is 0 Å². The van der Waals surface area contributed by atoms with Gasteiger partial charge in [0.2, 0.25) is 0 Å². The van der Waals surface area contributed by atoms with Crippen LogP contribution in [-0.4, -0.2) is 29.4 Å². The summed E-state index contributed by atoms with van der Waals surface area (Å²) in [6.45, 7) is 3.68. The number of allylic oxidation sites excluding steroid dienone is 2. The van der Waals surface area contributed by atoms with Gasteiger partial charge in [-0.3, -0.25) is 5.32 Å². The van der Waals surface area contributed by atoms with E-state index in [1.807, 2.05) is 35.9 Å². The van der Waals surface area contributed by atoms with Crippen molar-refractivity contribution in [3.05, 3.63) is 59.8 Å². The lowest BCUT2D eigenvalue weighted by molar-refractivity contribution is 0.254. The lowest BCUT2D eigenvalue weighted by Gasteiger charge is -2.18. The number of urea groups is 1. The van der Waals surface area contributed by atoms with Crippen molar-refractivity contribution in [2.75, 3.05) is 23.8 Å². The summed E-state index contributed by atoms with van der Waals surface area (Å²) in [5.41, 5.74) is 2.26. The van der Waals surface area contributed by atoms with E-state index in [0.29, 0.717) is 5.82 Å². The largest absolute Gasteiger partial charge is 0.341 e. The summed E-state index contributed by atoms with van der Waals surface area (Å²) in [4.78, 5) is 13.6. The minimum Gasteiger partial charge on any atom is -0.341 e. The highest BCUT2D eigenvalue weighted by Gasteiger charge is 2.23. The van der Waals surface area contributed by atoms with Gasteiger partial charge in [-0.15, -0.1) is 0 Å². The molecule has 2 N–H and O–H groups in total. The summed E-state index contributed by atoms with van der Waals surface area (Å²) < 4.78 is 1.91. The molecule has 0 saturated heterocycles. The molecule has 3 rings (SSSR count). The van der Waals surface area contributed by atoms with Gasteiger partial charge in [-0.1, -0.05) is 42.5 Å². The van der Waals surface area contributed by atoms with Crippen LogP contribution < -0.4 is 15.5 Å². The van der Waals surface area contributed by atoms with Crippen molar-refractivity contribution in [1.82, 2.24) is 15.1 Å². The first-order valence-electron chi connectivity index (χ1n) is 7.95. The Labute approximate surface area is 141 Å². The van der Waals surface area contributed by atoms with Crippen LogP contribution in [0.4, 0.5) is 16.4 Å². The summed E-state index contributed by atoms with van der Waals surface area (Å²) >= 11 is 0. The average molecular weight is 323 g/mol. The van der Waals surface area contributed by atoms with Gasteiger partial charge in [0, 0.05) is 25.4 Å². The molecular formula is C18H21N5O. The van der Waals surface area contributed by atoms with Crippen LogP contribution in [0, 0.1) is 0 Å². The summed E-state index contributed by atoms with van der Waals surface area (Å²) in [7, 11) is 1.58. The predicted molar refractivity (Wildman–Crippen MR) is 96.9 cm³/mol. The molecule has 0 unspecified atom stereocenters. The van der Waals surface area contributed by atoms with Gasteiger partial charge >= 0.3 is 6.03 Å². The number of rotatable bonds is 4. The molecule has 2 aromatic rings. The van der Waals surface area contributed by atoms with E-state index in [-0.39, 0.29) is 6.03 Å². The van der Waals surface area contributed by atoms with E-state index in [9.17, 15) is 4.79 Å². The van der Waals surface area contributed by atoms with Crippen LogP contribution >= 0.6 is 0 Å². The van der Waals surface area contributed by atoms with Crippen LogP contribution in [0.15, 0.2) is 54.2 Å².